The first-order chi connectivity index (χ1) is 14.0. The molecule has 2 aromatic rings. The lowest BCUT2D eigenvalue weighted by molar-refractivity contribution is -0.116. The maximum atomic E-state index is 12.1. The van der Waals surface area contributed by atoms with E-state index >= 15 is 0 Å². The average Bonchev–Trinajstić information content (AvgIpc) is 2.73. The molecule has 0 radical (unpaired) electrons. The SMILES string of the molecule is CN(C)c1ccnc(N[C@H]2CC[C@@H](CNC(=O)C=Cc3ccccc3Cl)CC2)n1. The minimum absolute atomic E-state index is 0.0842. The Morgan fingerprint density at radius 3 is 2.69 bits per heavy atom. The summed E-state index contributed by atoms with van der Waals surface area (Å²) in [6, 6.07) is 9.74. The standard InChI is InChI=1S/C22H28ClN5O/c1-28(2)20-13-14-24-22(27-20)26-18-10-7-16(8-11-18)15-25-21(29)12-9-17-5-3-4-6-19(17)23/h3-6,9,12-14,16,18H,7-8,10-11,15H2,1-2H3,(H,25,29)(H,24,26,27)/t16-,18+. The number of amides is 1. The highest BCUT2D eigenvalue weighted by Gasteiger charge is 2.22. The predicted molar refractivity (Wildman–Crippen MR) is 119 cm³/mol. The Balaban J connectivity index is 1.40. The van der Waals surface area contributed by atoms with Gasteiger partial charge in [-0.05, 0) is 55.4 Å². The average molecular weight is 414 g/mol. The highest BCUT2D eigenvalue weighted by atomic mass is 35.5. The third kappa shape index (κ3) is 6.46. The van der Waals surface area contributed by atoms with Crippen molar-refractivity contribution in [2.75, 3.05) is 30.9 Å². The van der Waals surface area contributed by atoms with E-state index < -0.39 is 0 Å². The zero-order valence-electron chi connectivity index (χ0n) is 16.9. The molecule has 1 saturated carbocycles. The number of hydrogen-bond donors (Lipinski definition) is 2. The third-order valence-electron chi connectivity index (χ3n) is 5.16. The second-order valence-corrected chi connectivity index (χ2v) is 8.00. The van der Waals surface area contributed by atoms with Crippen LogP contribution in [0.2, 0.25) is 5.02 Å². The molecule has 1 aliphatic rings. The van der Waals surface area contributed by atoms with Crippen LogP contribution < -0.4 is 15.5 Å². The minimum atomic E-state index is -0.0842. The van der Waals surface area contributed by atoms with Crippen LogP contribution in [0.1, 0.15) is 31.2 Å². The molecule has 1 aromatic heterocycles. The summed E-state index contributed by atoms with van der Waals surface area (Å²) in [5, 5.41) is 7.09. The van der Waals surface area contributed by atoms with E-state index in [-0.39, 0.29) is 5.91 Å². The Morgan fingerprint density at radius 1 is 1.21 bits per heavy atom. The summed E-state index contributed by atoms with van der Waals surface area (Å²) in [5.41, 5.74) is 0.844. The molecule has 1 heterocycles. The monoisotopic (exact) mass is 413 g/mol. The van der Waals surface area contributed by atoms with Crippen molar-refractivity contribution in [3.63, 3.8) is 0 Å². The van der Waals surface area contributed by atoms with Crippen LogP contribution in [0.3, 0.4) is 0 Å². The normalized spacial score (nSPS) is 19.1. The molecule has 0 aliphatic heterocycles. The van der Waals surface area contributed by atoms with Gasteiger partial charge < -0.3 is 15.5 Å². The van der Waals surface area contributed by atoms with Gasteiger partial charge in [-0.2, -0.15) is 4.98 Å². The Hall–Kier alpha value is -2.60. The van der Waals surface area contributed by atoms with Crippen molar-refractivity contribution in [2.24, 2.45) is 5.92 Å². The molecule has 0 saturated heterocycles. The van der Waals surface area contributed by atoms with Crippen LogP contribution in [0.5, 0.6) is 0 Å². The number of hydrogen-bond acceptors (Lipinski definition) is 5. The highest BCUT2D eigenvalue weighted by molar-refractivity contribution is 6.32. The van der Waals surface area contributed by atoms with Crippen molar-refractivity contribution in [1.29, 1.82) is 0 Å². The van der Waals surface area contributed by atoms with Crippen molar-refractivity contribution in [3.05, 3.63) is 53.2 Å². The molecule has 0 spiro atoms. The number of anilines is 2. The minimum Gasteiger partial charge on any atom is -0.363 e. The topological polar surface area (TPSA) is 70.2 Å². The van der Waals surface area contributed by atoms with Gasteiger partial charge in [0.05, 0.1) is 0 Å². The Bertz CT molecular complexity index is 847. The molecule has 1 fully saturated rings. The number of benzene rings is 1. The zero-order chi connectivity index (χ0) is 20.6. The smallest absolute Gasteiger partial charge is 0.244 e. The van der Waals surface area contributed by atoms with Gasteiger partial charge in [-0.15, -0.1) is 0 Å². The summed E-state index contributed by atoms with van der Waals surface area (Å²) in [7, 11) is 3.94. The summed E-state index contributed by atoms with van der Waals surface area (Å²) >= 11 is 6.10. The van der Waals surface area contributed by atoms with E-state index in [1.165, 1.54) is 0 Å². The molecule has 0 bridgehead atoms. The maximum absolute atomic E-state index is 12.1. The molecule has 154 valence electrons. The molecule has 1 aliphatic carbocycles. The van der Waals surface area contributed by atoms with Crippen LogP contribution >= 0.6 is 11.6 Å². The van der Waals surface area contributed by atoms with E-state index in [0.717, 1.165) is 37.1 Å². The lowest BCUT2D eigenvalue weighted by Crippen LogP contribution is -2.33. The van der Waals surface area contributed by atoms with Gasteiger partial charge in [0.15, 0.2) is 0 Å². The fraction of sp³-hybridized carbons (Fsp3) is 0.409. The van der Waals surface area contributed by atoms with Crippen LogP contribution in [-0.4, -0.2) is 42.6 Å². The first-order valence-corrected chi connectivity index (χ1v) is 10.4. The fourth-order valence-corrected chi connectivity index (χ4v) is 3.64. The molecule has 6 nitrogen and oxygen atoms in total. The van der Waals surface area contributed by atoms with Crippen LogP contribution in [0, 0.1) is 5.92 Å². The maximum Gasteiger partial charge on any atom is 0.244 e. The van der Waals surface area contributed by atoms with Gasteiger partial charge >= 0.3 is 0 Å². The zero-order valence-corrected chi connectivity index (χ0v) is 17.7. The van der Waals surface area contributed by atoms with Crippen molar-refractivity contribution in [3.8, 4) is 0 Å². The summed E-state index contributed by atoms with van der Waals surface area (Å²) in [5.74, 6) is 1.99. The van der Waals surface area contributed by atoms with Gasteiger partial charge in [0.1, 0.15) is 5.82 Å². The van der Waals surface area contributed by atoms with Crippen molar-refractivity contribution in [2.45, 2.75) is 31.7 Å². The highest BCUT2D eigenvalue weighted by Crippen LogP contribution is 2.26. The van der Waals surface area contributed by atoms with Crippen molar-refractivity contribution >= 4 is 35.4 Å². The lowest BCUT2D eigenvalue weighted by atomic mass is 9.86. The van der Waals surface area contributed by atoms with E-state index in [0.29, 0.717) is 29.5 Å². The number of rotatable bonds is 7. The molecule has 0 atom stereocenters. The lowest BCUT2D eigenvalue weighted by Gasteiger charge is -2.29. The van der Waals surface area contributed by atoms with Gasteiger partial charge in [-0.25, -0.2) is 4.98 Å². The molecule has 2 N–H and O–H groups in total. The Labute approximate surface area is 177 Å². The van der Waals surface area contributed by atoms with Crippen LogP contribution in [0.15, 0.2) is 42.6 Å². The number of nitrogens with one attached hydrogen (secondary N) is 2. The molecule has 1 aromatic carbocycles. The predicted octanol–water partition coefficient (Wildman–Crippen LogP) is 4.00. The quantitative estimate of drug-likeness (QED) is 0.671. The fourth-order valence-electron chi connectivity index (χ4n) is 3.44. The van der Waals surface area contributed by atoms with E-state index in [2.05, 4.69) is 20.6 Å². The van der Waals surface area contributed by atoms with Gasteiger partial charge in [-0.3, -0.25) is 4.79 Å². The second kappa shape index (κ2) is 10.3. The number of aromatic nitrogens is 2. The third-order valence-corrected chi connectivity index (χ3v) is 5.51. The number of halogens is 1. The van der Waals surface area contributed by atoms with Gasteiger partial charge in [0.25, 0.3) is 0 Å². The van der Waals surface area contributed by atoms with Gasteiger partial charge in [0.2, 0.25) is 11.9 Å². The molecule has 3 rings (SSSR count). The number of carbonyl (C=O) groups excluding carboxylic acids is 1. The molecule has 29 heavy (non-hydrogen) atoms. The van der Waals surface area contributed by atoms with Crippen molar-refractivity contribution in [1.82, 2.24) is 15.3 Å². The number of nitrogens with zero attached hydrogens (tertiary/aromatic N) is 3. The summed E-state index contributed by atoms with van der Waals surface area (Å²) in [6.07, 6.45) is 9.31. The molecular formula is C22H28ClN5O. The van der Waals surface area contributed by atoms with E-state index in [1.54, 1.807) is 18.3 Å². The molecule has 0 unspecified atom stereocenters. The van der Waals surface area contributed by atoms with Gasteiger partial charge in [-0.1, -0.05) is 29.8 Å². The Kier molecular flexibility index (Phi) is 7.47. The number of carbonyl (C=O) groups is 1. The van der Waals surface area contributed by atoms with E-state index in [9.17, 15) is 4.79 Å². The van der Waals surface area contributed by atoms with Gasteiger partial charge in [0, 0.05) is 44.0 Å². The first-order valence-electron chi connectivity index (χ1n) is 9.98. The van der Waals surface area contributed by atoms with E-state index in [1.807, 2.05) is 49.3 Å². The largest absolute Gasteiger partial charge is 0.363 e. The molecular weight excluding hydrogens is 386 g/mol. The second-order valence-electron chi connectivity index (χ2n) is 7.59. The van der Waals surface area contributed by atoms with Crippen LogP contribution in [0.25, 0.3) is 6.08 Å². The summed E-state index contributed by atoms with van der Waals surface area (Å²) < 4.78 is 0. The van der Waals surface area contributed by atoms with Crippen LogP contribution in [-0.2, 0) is 4.79 Å². The molecule has 7 heteroatoms. The van der Waals surface area contributed by atoms with Crippen molar-refractivity contribution < 1.29 is 4.79 Å². The van der Waals surface area contributed by atoms with Crippen LogP contribution in [0.4, 0.5) is 11.8 Å². The summed E-state index contributed by atoms with van der Waals surface area (Å²) in [6.45, 7) is 0.699. The van der Waals surface area contributed by atoms with E-state index in [4.69, 9.17) is 11.6 Å². The Morgan fingerprint density at radius 2 is 1.97 bits per heavy atom. The summed E-state index contributed by atoms with van der Waals surface area (Å²) in [4.78, 5) is 22.9. The molecule has 1 amide bonds. The first kappa shape index (κ1) is 21.1.